The first-order valence-corrected chi connectivity index (χ1v) is 6.90. The summed E-state index contributed by atoms with van der Waals surface area (Å²) >= 11 is 0. The van der Waals surface area contributed by atoms with Crippen LogP contribution in [0.2, 0.25) is 0 Å². The molecule has 0 heterocycles. The monoisotopic (exact) mass is 278 g/mol. The highest BCUT2D eigenvalue weighted by Gasteiger charge is 2.19. The first kappa shape index (κ1) is 16.2. The quantitative estimate of drug-likeness (QED) is 0.691. The van der Waals surface area contributed by atoms with Gasteiger partial charge in [0.05, 0.1) is 6.10 Å². The Morgan fingerprint density at radius 2 is 1.70 bits per heavy atom. The number of carbonyl (C=O) groups excluding carboxylic acids is 2. The lowest BCUT2D eigenvalue weighted by Crippen LogP contribution is -2.41. The van der Waals surface area contributed by atoms with Crippen molar-refractivity contribution in [1.82, 2.24) is 5.32 Å². The lowest BCUT2D eigenvalue weighted by Gasteiger charge is -2.20. The van der Waals surface area contributed by atoms with Gasteiger partial charge in [0, 0.05) is 12.2 Å². The number of aliphatic hydroxyl groups excluding tert-OH is 1. The molecule has 110 valence electrons. The van der Waals surface area contributed by atoms with Gasteiger partial charge in [-0.05, 0) is 18.1 Å². The second kappa shape index (κ2) is 8.32. The molecular weight excluding hydrogens is 256 g/mol. The maximum atomic E-state index is 11.6. The minimum atomic E-state index is -0.737. The molecule has 1 atom stereocenters. The number of carbonyl (C=O) groups is 2. The Kier molecular flexibility index (Phi) is 6.73. The normalized spacial score (nSPS) is 12.0. The third kappa shape index (κ3) is 5.01. The summed E-state index contributed by atoms with van der Waals surface area (Å²) < 4.78 is 0. The summed E-state index contributed by atoms with van der Waals surface area (Å²) in [6.45, 7) is 4.07. The van der Waals surface area contributed by atoms with Crippen molar-refractivity contribution in [2.45, 2.75) is 32.8 Å². The summed E-state index contributed by atoms with van der Waals surface area (Å²) in [6.07, 6.45) is 1.05. The predicted molar refractivity (Wildman–Crippen MR) is 78.2 cm³/mol. The molecule has 5 heteroatoms. The number of rotatable bonds is 6. The molecule has 1 rings (SSSR count). The van der Waals surface area contributed by atoms with Crippen molar-refractivity contribution in [2.24, 2.45) is 5.92 Å². The van der Waals surface area contributed by atoms with Crippen molar-refractivity contribution in [2.75, 3.05) is 11.9 Å². The number of benzene rings is 1. The lowest BCUT2D eigenvalue weighted by atomic mass is 9.96. The highest BCUT2D eigenvalue weighted by atomic mass is 16.3. The highest BCUT2D eigenvalue weighted by Crippen LogP contribution is 2.12. The van der Waals surface area contributed by atoms with Gasteiger partial charge in [-0.1, -0.05) is 44.9 Å². The Morgan fingerprint density at radius 1 is 1.10 bits per heavy atom. The summed E-state index contributed by atoms with van der Waals surface area (Å²) in [4.78, 5) is 23.2. The second-order valence-corrected chi connectivity index (χ2v) is 4.67. The van der Waals surface area contributed by atoms with Crippen LogP contribution in [0.5, 0.6) is 0 Å². The summed E-state index contributed by atoms with van der Waals surface area (Å²) in [5.74, 6) is -1.33. The molecule has 0 saturated heterocycles. The van der Waals surface area contributed by atoms with Gasteiger partial charge in [0.1, 0.15) is 0 Å². The summed E-state index contributed by atoms with van der Waals surface area (Å²) in [5.41, 5.74) is 0.563. The van der Waals surface area contributed by atoms with Crippen LogP contribution in [0.25, 0.3) is 0 Å². The number of hydrogen-bond acceptors (Lipinski definition) is 3. The van der Waals surface area contributed by atoms with Crippen LogP contribution in [0.15, 0.2) is 30.3 Å². The number of para-hydroxylation sites is 1. The lowest BCUT2D eigenvalue weighted by molar-refractivity contribution is -0.136. The Bertz CT molecular complexity index is 430. The van der Waals surface area contributed by atoms with Gasteiger partial charge in [-0.15, -0.1) is 0 Å². The zero-order valence-electron chi connectivity index (χ0n) is 11.9. The third-order valence-corrected chi connectivity index (χ3v) is 3.30. The van der Waals surface area contributed by atoms with E-state index in [0.717, 1.165) is 12.8 Å². The van der Waals surface area contributed by atoms with Gasteiger partial charge in [0.2, 0.25) is 0 Å². The number of anilines is 1. The molecule has 5 nitrogen and oxygen atoms in total. The van der Waals surface area contributed by atoms with Gasteiger partial charge >= 0.3 is 11.8 Å². The summed E-state index contributed by atoms with van der Waals surface area (Å²) in [6, 6.07) is 8.75. The van der Waals surface area contributed by atoms with E-state index >= 15 is 0 Å². The smallest absolute Gasteiger partial charge is 0.313 e. The Morgan fingerprint density at radius 3 is 2.25 bits per heavy atom. The molecule has 0 aromatic heterocycles. The topological polar surface area (TPSA) is 78.4 Å². The Hall–Kier alpha value is -1.88. The van der Waals surface area contributed by atoms with Crippen molar-refractivity contribution in [3.8, 4) is 0 Å². The van der Waals surface area contributed by atoms with E-state index in [2.05, 4.69) is 10.6 Å². The van der Waals surface area contributed by atoms with Crippen molar-refractivity contribution in [3.05, 3.63) is 30.3 Å². The molecular formula is C15H22N2O3. The van der Waals surface area contributed by atoms with Crippen LogP contribution in [0, 0.1) is 5.92 Å². The minimum Gasteiger partial charge on any atom is -0.391 e. The number of nitrogens with one attached hydrogen (secondary N) is 2. The SMILES string of the molecule is CCC(CC)C(O)CNC(=O)C(=O)Nc1ccccc1. The average molecular weight is 278 g/mol. The molecule has 20 heavy (non-hydrogen) atoms. The second-order valence-electron chi connectivity index (χ2n) is 4.67. The van der Waals surface area contributed by atoms with Crippen LogP contribution in [-0.2, 0) is 9.59 Å². The van der Waals surface area contributed by atoms with Gasteiger partial charge in [0.25, 0.3) is 0 Å². The first-order chi connectivity index (χ1) is 9.58. The maximum Gasteiger partial charge on any atom is 0.313 e. The summed E-state index contributed by atoms with van der Waals surface area (Å²) in [5, 5.41) is 14.8. The first-order valence-electron chi connectivity index (χ1n) is 6.90. The fourth-order valence-corrected chi connectivity index (χ4v) is 1.99. The van der Waals surface area contributed by atoms with E-state index in [9.17, 15) is 14.7 Å². The van der Waals surface area contributed by atoms with E-state index in [0.29, 0.717) is 5.69 Å². The van der Waals surface area contributed by atoms with Crippen molar-refractivity contribution < 1.29 is 14.7 Å². The molecule has 0 aliphatic rings. The molecule has 3 N–H and O–H groups in total. The van der Waals surface area contributed by atoms with Crippen LogP contribution >= 0.6 is 0 Å². The standard InChI is InChI=1S/C15H22N2O3/c1-3-11(4-2)13(18)10-16-14(19)15(20)17-12-8-6-5-7-9-12/h5-9,11,13,18H,3-4,10H2,1-2H3,(H,16,19)(H,17,20). The van der Waals surface area contributed by atoms with Gasteiger partial charge in [-0.2, -0.15) is 0 Å². The molecule has 0 bridgehead atoms. The zero-order valence-corrected chi connectivity index (χ0v) is 11.9. The minimum absolute atomic E-state index is 0.0907. The Labute approximate surface area is 119 Å². The molecule has 0 saturated carbocycles. The third-order valence-electron chi connectivity index (χ3n) is 3.30. The largest absolute Gasteiger partial charge is 0.391 e. The number of hydrogen-bond donors (Lipinski definition) is 3. The van der Waals surface area contributed by atoms with Crippen LogP contribution in [0.3, 0.4) is 0 Å². The van der Waals surface area contributed by atoms with Gasteiger partial charge in [-0.25, -0.2) is 0 Å². The maximum absolute atomic E-state index is 11.6. The van der Waals surface area contributed by atoms with Gasteiger partial charge in [0.15, 0.2) is 0 Å². The molecule has 0 aliphatic carbocycles. The van der Waals surface area contributed by atoms with Crippen LogP contribution in [-0.4, -0.2) is 29.6 Å². The van der Waals surface area contributed by atoms with E-state index < -0.39 is 17.9 Å². The van der Waals surface area contributed by atoms with Gasteiger partial charge < -0.3 is 15.7 Å². The van der Waals surface area contributed by atoms with E-state index in [1.807, 2.05) is 19.9 Å². The molecule has 1 unspecified atom stereocenters. The van der Waals surface area contributed by atoms with E-state index in [4.69, 9.17) is 0 Å². The van der Waals surface area contributed by atoms with E-state index in [-0.39, 0.29) is 12.5 Å². The molecule has 1 aromatic carbocycles. The van der Waals surface area contributed by atoms with E-state index in [1.165, 1.54) is 0 Å². The Balaban J connectivity index is 2.41. The summed E-state index contributed by atoms with van der Waals surface area (Å²) in [7, 11) is 0. The number of amides is 2. The van der Waals surface area contributed by atoms with Crippen LogP contribution in [0.4, 0.5) is 5.69 Å². The fraction of sp³-hybridized carbons (Fsp3) is 0.467. The van der Waals surface area contributed by atoms with Gasteiger partial charge in [-0.3, -0.25) is 9.59 Å². The highest BCUT2D eigenvalue weighted by molar-refractivity contribution is 6.39. The predicted octanol–water partition coefficient (Wildman–Crippen LogP) is 1.54. The van der Waals surface area contributed by atoms with E-state index in [1.54, 1.807) is 24.3 Å². The van der Waals surface area contributed by atoms with Crippen LogP contribution in [0.1, 0.15) is 26.7 Å². The van der Waals surface area contributed by atoms with Crippen molar-refractivity contribution in [1.29, 1.82) is 0 Å². The average Bonchev–Trinajstić information content (AvgIpc) is 2.47. The molecule has 1 aromatic rings. The molecule has 0 spiro atoms. The van der Waals surface area contributed by atoms with Crippen molar-refractivity contribution in [3.63, 3.8) is 0 Å². The fourth-order valence-electron chi connectivity index (χ4n) is 1.99. The molecule has 0 fully saturated rings. The zero-order chi connectivity index (χ0) is 15.0. The molecule has 0 radical (unpaired) electrons. The van der Waals surface area contributed by atoms with Crippen molar-refractivity contribution >= 4 is 17.5 Å². The molecule has 0 aliphatic heterocycles. The number of aliphatic hydroxyl groups is 1. The molecule has 2 amide bonds. The van der Waals surface area contributed by atoms with Crippen LogP contribution < -0.4 is 10.6 Å².